The highest BCUT2D eigenvalue weighted by atomic mass is 35.5. The molecule has 0 N–H and O–H groups in total. The van der Waals surface area contributed by atoms with Crippen LogP contribution in [0.3, 0.4) is 0 Å². The lowest BCUT2D eigenvalue weighted by Gasteiger charge is -2.49. The molecule has 1 saturated carbocycles. The fourth-order valence-electron chi connectivity index (χ4n) is 6.38. The molecule has 0 radical (unpaired) electrons. The Morgan fingerprint density at radius 2 is 1.84 bits per heavy atom. The summed E-state index contributed by atoms with van der Waals surface area (Å²) in [5.41, 5.74) is 1.35. The van der Waals surface area contributed by atoms with Crippen molar-refractivity contribution in [2.75, 3.05) is 26.2 Å². The van der Waals surface area contributed by atoms with E-state index in [0.29, 0.717) is 23.7 Å². The van der Waals surface area contributed by atoms with Gasteiger partial charge in [0.2, 0.25) is 11.8 Å². The van der Waals surface area contributed by atoms with Crippen molar-refractivity contribution in [3.05, 3.63) is 47.5 Å². The normalized spacial score (nSPS) is 30.5. The van der Waals surface area contributed by atoms with Crippen molar-refractivity contribution in [2.24, 2.45) is 29.1 Å². The Kier molecular flexibility index (Phi) is 6.72. The number of likely N-dealkylation sites (tertiary alicyclic amines) is 2. The molecule has 0 bridgehead atoms. The average molecular weight is 457 g/mol. The topological polar surface area (TPSA) is 40.6 Å². The molecule has 2 saturated heterocycles. The van der Waals surface area contributed by atoms with E-state index in [0.717, 1.165) is 62.4 Å². The SMILES string of the molecule is C=CC(=O)N1CC(C2CCN(C(=O)[C@H]3CCC(C)(C)C[C@@H]3c3ccccc3Cl)CC2C)C1. The van der Waals surface area contributed by atoms with Crippen LogP contribution in [-0.4, -0.2) is 47.8 Å². The molecule has 1 aliphatic carbocycles. The van der Waals surface area contributed by atoms with E-state index in [1.807, 2.05) is 23.1 Å². The van der Waals surface area contributed by atoms with E-state index >= 15 is 0 Å². The Labute approximate surface area is 198 Å². The first-order chi connectivity index (χ1) is 15.2. The lowest BCUT2D eigenvalue weighted by molar-refractivity contribution is -0.142. The van der Waals surface area contributed by atoms with Crippen molar-refractivity contribution in [3.63, 3.8) is 0 Å². The molecule has 2 unspecified atom stereocenters. The molecule has 0 spiro atoms. The molecule has 3 fully saturated rings. The van der Waals surface area contributed by atoms with Crippen LogP contribution in [0.25, 0.3) is 0 Å². The number of rotatable bonds is 4. The lowest BCUT2D eigenvalue weighted by atomic mass is 9.64. The number of nitrogens with zero attached hydrogens (tertiary/aromatic N) is 2. The van der Waals surface area contributed by atoms with Gasteiger partial charge in [-0.3, -0.25) is 9.59 Å². The number of piperidine rings is 1. The zero-order valence-corrected chi connectivity index (χ0v) is 20.5. The quantitative estimate of drug-likeness (QED) is 0.570. The Morgan fingerprint density at radius 1 is 1.12 bits per heavy atom. The molecule has 174 valence electrons. The number of benzene rings is 1. The Hall–Kier alpha value is -1.81. The van der Waals surface area contributed by atoms with Crippen LogP contribution in [0.15, 0.2) is 36.9 Å². The third-order valence-corrected chi connectivity index (χ3v) is 8.64. The van der Waals surface area contributed by atoms with E-state index in [2.05, 4.69) is 38.3 Å². The summed E-state index contributed by atoms with van der Waals surface area (Å²) in [6.45, 7) is 13.8. The van der Waals surface area contributed by atoms with Crippen LogP contribution >= 0.6 is 11.6 Å². The third-order valence-electron chi connectivity index (χ3n) is 8.30. The maximum Gasteiger partial charge on any atom is 0.245 e. The van der Waals surface area contributed by atoms with Gasteiger partial charge in [0.05, 0.1) is 0 Å². The summed E-state index contributed by atoms with van der Waals surface area (Å²) in [6, 6.07) is 8.06. The monoisotopic (exact) mass is 456 g/mol. The van der Waals surface area contributed by atoms with Crippen molar-refractivity contribution < 1.29 is 9.59 Å². The van der Waals surface area contributed by atoms with Crippen LogP contribution in [0.2, 0.25) is 5.02 Å². The maximum absolute atomic E-state index is 13.8. The molecule has 3 aliphatic rings. The molecule has 2 amide bonds. The fraction of sp³-hybridized carbons (Fsp3) is 0.630. The van der Waals surface area contributed by atoms with Gasteiger partial charge in [-0.2, -0.15) is 0 Å². The molecule has 2 aliphatic heterocycles. The first kappa shape index (κ1) is 23.4. The summed E-state index contributed by atoms with van der Waals surface area (Å²) in [5.74, 6) is 2.13. The van der Waals surface area contributed by atoms with Gasteiger partial charge in [-0.1, -0.05) is 57.2 Å². The molecule has 4 nitrogen and oxygen atoms in total. The second-order valence-corrected chi connectivity index (χ2v) is 11.5. The molecule has 5 heteroatoms. The first-order valence-electron chi connectivity index (χ1n) is 12.1. The molecule has 1 aromatic rings. The van der Waals surface area contributed by atoms with E-state index in [9.17, 15) is 9.59 Å². The highest BCUT2D eigenvalue weighted by Gasteiger charge is 2.44. The highest BCUT2D eigenvalue weighted by molar-refractivity contribution is 6.31. The van der Waals surface area contributed by atoms with Crippen LogP contribution in [0, 0.1) is 29.1 Å². The minimum absolute atomic E-state index is 0.0103. The number of halogens is 1. The Balaban J connectivity index is 1.43. The van der Waals surface area contributed by atoms with E-state index in [1.54, 1.807) is 0 Å². The molecular formula is C27H37ClN2O2. The first-order valence-corrected chi connectivity index (χ1v) is 12.5. The summed E-state index contributed by atoms with van der Waals surface area (Å²) in [6.07, 6.45) is 5.43. The van der Waals surface area contributed by atoms with Gasteiger partial charge < -0.3 is 9.80 Å². The summed E-state index contributed by atoms with van der Waals surface area (Å²) in [7, 11) is 0. The zero-order chi connectivity index (χ0) is 23.0. The Morgan fingerprint density at radius 3 is 2.50 bits per heavy atom. The van der Waals surface area contributed by atoms with Crippen molar-refractivity contribution in [3.8, 4) is 0 Å². The standard InChI is InChI=1S/C27H37ClN2O2/c1-5-25(31)30-16-19(17-30)20-11-13-29(15-18(20)2)26(32)22-10-12-27(3,4)14-23(22)21-8-6-7-9-24(21)28/h5-9,18-20,22-23H,1,10-17H2,2-4H3/t18?,20?,22-,23+/m0/s1. The van der Waals surface area contributed by atoms with Crippen LogP contribution in [0.4, 0.5) is 0 Å². The lowest BCUT2D eigenvalue weighted by Crippen LogP contribution is -2.56. The van der Waals surface area contributed by atoms with Gasteiger partial charge in [0.25, 0.3) is 0 Å². The van der Waals surface area contributed by atoms with E-state index in [-0.39, 0.29) is 23.2 Å². The Bertz CT molecular complexity index is 876. The zero-order valence-electron chi connectivity index (χ0n) is 19.7. The molecule has 0 aromatic heterocycles. The minimum atomic E-state index is 0.0103. The van der Waals surface area contributed by atoms with Crippen LogP contribution in [0.1, 0.15) is 57.9 Å². The van der Waals surface area contributed by atoms with Crippen molar-refractivity contribution in [1.82, 2.24) is 9.80 Å². The van der Waals surface area contributed by atoms with E-state index in [1.165, 1.54) is 6.08 Å². The summed E-state index contributed by atoms with van der Waals surface area (Å²) >= 11 is 6.59. The third kappa shape index (κ3) is 4.62. The molecular weight excluding hydrogens is 420 g/mol. The van der Waals surface area contributed by atoms with Crippen molar-refractivity contribution in [2.45, 2.75) is 52.4 Å². The van der Waals surface area contributed by atoms with Crippen molar-refractivity contribution >= 4 is 23.4 Å². The second-order valence-electron chi connectivity index (χ2n) is 11.1. The van der Waals surface area contributed by atoms with E-state index in [4.69, 9.17) is 11.6 Å². The molecule has 32 heavy (non-hydrogen) atoms. The second kappa shape index (κ2) is 9.21. The summed E-state index contributed by atoms with van der Waals surface area (Å²) in [4.78, 5) is 29.5. The van der Waals surface area contributed by atoms with Crippen molar-refractivity contribution in [1.29, 1.82) is 0 Å². The van der Waals surface area contributed by atoms with Gasteiger partial charge >= 0.3 is 0 Å². The van der Waals surface area contributed by atoms with Gasteiger partial charge in [0.1, 0.15) is 0 Å². The average Bonchev–Trinajstić information content (AvgIpc) is 2.73. The predicted octanol–water partition coefficient (Wildman–Crippen LogP) is 5.38. The van der Waals surface area contributed by atoms with Gasteiger partial charge in [-0.25, -0.2) is 0 Å². The smallest absolute Gasteiger partial charge is 0.245 e. The molecule has 4 rings (SSSR count). The van der Waals surface area contributed by atoms with E-state index < -0.39 is 0 Å². The van der Waals surface area contributed by atoms with Crippen LogP contribution < -0.4 is 0 Å². The largest absolute Gasteiger partial charge is 0.342 e. The number of hydrogen-bond acceptors (Lipinski definition) is 2. The predicted molar refractivity (Wildman–Crippen MR) is 129 cm³/mol. The van der Waals surface area contributed by atoms with Gasteiger partial charge in [0.15, 0.2) is 0 Å². The summed E-state index contributed by atoms with van der Waals surface area (Å²) < 4.78 is 0. The summed E-state index contributed by atoms with van der Waals surface area (Å²) in [5, 5.41) is 0.781. The molecule has 2 heterocycles. The minimum Gasteiger partial charge on any atom is -0.342 e. The number of amides is 2. The maximum atomic E-state index is 13.8. The van der Waals surface area contributed by atoms with Crippen LogP contribution in [-0.2, 0) is 9.59 Å². The van der Waals surface area contributed by atoms with Crippen LogP contribution in [0.5, 0.6) is 0 Å². The fourth-order valence-corrected chi connectivity index (χ4v) is 6.65. The van der Waals surface area contributed by atoms with Gasteiger partial charge in [-0.05, 0) is 72.5 Å². The number of hydrogen-bond donors (Lipinski definition) is 0. The highest BCUT2D eigenvalue weighted by Crippen LogP contribution is 2.49. The van der Waals surface area contributed by atoms with Gasteiger partial charge in [-0.15, -0.1) is 0 Å². The number of carbonyl (C=O) groups is 2. The van der Waals surface area contributed by atoms with Gasteiger partial charge in [0, 0.05) is 37.1 Å². The number of carbonyl (C=O) groups excluding carboxylic acids is 2. The molecule has 4 atom stereocenters. The molecule has 1 aromatic carbocycles.